The van der Waals surface area contributed by atoms with E-state index in [9.17, 15) is 0 Å². The maximum absolute atomic E-state index is 2.52. The Kier molecular flexibility index (Phi) is 3.87. The van der Waals surface area contributed by atoms with Crippen LogP contribution in [-0.4, -0.2) is 0 Å². The van der Waals surface area contributed by atoms with Gasteiger partial charge >= 0.3 is 0 Å². The molecule has 0 N–H and O–H groups in total. The zero-order valence-corrected chi connectivity index (χ0v) is 23.0. The van der Waals surface area contributed by atoms with Crippen LogP contribution in [0.5, 0.6) is 0 Å². The van der Waals surface area contributed by atoms with Gasteiger partial charge in [-0.2, -0.15) is 0 Å². The van der Waals surface area contributed by atoms with E-state index in [1.807, 2.05) is 0 Å². The van der Waals surface area contributed by atoms with Crippen molar-refractivity contribution in [2.24, 2.45) is 0 Å². The maximum Gasteiger partial charge on any atom is 0.0349 e. The lowest BCUT2D eigenvalue weighted by Gasteiger charge is -2.42. The van der Waals surface area contributed by atoms with E-state index in [1.165, 1.54) is 88.3 Å². The predicted octanol–water partition coefficient (Wildman–Crippen LogP) is 9.97. The van der Waals surface area contributed by atoms with Crippen LogP contribution >= 0.6 is 0 Å². The number of hydrogen-bond donors (Lipinski definition) is 0. The number of benzene rings is 7. The summed E-state index contributed by atoms with van der Waals surface area (Å²) in [5, 5.41) is 5.41. The van der Waals surface area contributed by atoms with Crippen molar-refractivity contribution in [3.05, 3.63) is 200 Å². The zero-order chi connectivity index (χ0) is 27.1. The largest absolute Gasteiger partial charge is 0.0619 e. The highest BCUT2D eigenvalue weighted by atomic mass is 14.4. The molecule has 0 aliphatic heterocycles. The molecule has 0 spiro atoms. The normalized spacial score (nSPS) is 21.3. The van der Waals surface area contributed by atoms with Crippen LogP contribution in [-0.2, 0) is 0 Å². The Morgan fingerprint density at radius 1 is 0.214 bits per heavy atom. The number of rotatable bonds is 0. The van der Waals surface area contributed by atoms with Gasteiger partial charge in [-0.1, -0.05) is 97.1 Å². The first-order chi connectivity index (χ1) is 20.8. The summed E-state index contributed by atoms with van der Waals surface area (Å²) < 4.78 is 0. The fourth-order valence-corrected chi connectivity index (χ4v) is 9.33. The van der Waals surface area contributed by atoms with E-state index in [2.05, 4.69) is 133 Å². The molecule has 7 aromatic rings. The molecule has 0 amide bonds. The van der Waals surface area contributed by atoms with Gasteiger partial charge in [0.1, 0.15) is 0 Å². The molecule has 42 heavy (non-hydrogen) atoms. The van der Waals surface area contributed by atoms with E-state index in [0.29, 0.717) is 23.7 Å². The minimum atomic E-state index is 0.310. The quantitative estimate of drug-likeness (QED) is 0.171. The first-order valence-electron chi connectivity index (χ1n) is 15.2. The van der Waals surface area contributed by atoms with Crippen LogP contribution in [0.25, 0.3) is 21.5 Å². The van der Waals surface area contributed by atoms with E-state index in [-0.39, 0.29) is 0 Å². The Morgan fingerprint density at radius 3 is 0.595 bits per heavy atom. The fraction of sp³-hybridized carbons (Fsp3) is 0.0952. The molecule has 194 valence electrons. The second-order valence-electron chi connectivity index (χ2n) is 12.8. The van der Waals surface area contributed by atoms with Crippen LogP contribution in [0.3, 0.4) is 0 Å². The first kappa shape index (κ1) is 21.8. The third kappa shape index (κ3) is 2.52. The van der Waals surface area contributed by atoms with Gasteiger partial charge in [0.25, 0.3) is 0 Å². The number of fused-ring (bicyclic) bond motifs is 2. The van der Waals surface area contributed by atoms with Gasteiger partial charge < -0.3 is 0 Å². The lowest BCUT2D eigenvalue weighted by Crippen LogP contribution is -2.27. The van der Waals surface area contributed by atoms with E-state index >= 15 is 0 Å². The van der Waals surface area contributed by atoms with E-state index in [0.717, 1.165) is 0 Å². The molecule has 6 aliphatic carbocycles. The van der Waals surface area contributed by atoms with Crippen LogP contribution in [0.2, 0.25) is 0 Å². The van der Waals surface area contributed by atoms with Crippen molar-refractivity contribution in [3.63, 3.8) is 0 Å². The van der Waals surface area contributed by atoms with Crippen molar-refractivity contribution >= 4 is 21.5 Å². The SMILES string of the molecule is c1ccc2c(c1)C1c3ccccc3C2c2cc3cc4cc5c(cc4cc3cc21)C1c2ccccc2C5c2ccccc21. The van der Waals surface area contributed by atoms with Gasteiger partial charge in [0.2, 0.25) is 0 Å². The lowest BCUT2D eigenvalue weighted by molar-refractivity contribution is 0.756. The standard InChI is InChI=1S/C42H26/c1-2-10-28-27(9-1)39-29-11-3-4-12-30(29)40(28)36-20-24-18-26-22-38-37(21-25(26)17-23(24)19-35(36)39)41-31-13-5-7-15-33(31)42(38)34-16-8-6-14-32(34)41/h1-22,39-42H. The second kappa shape index (κ2) is 7.46. The molecule has 0 unspecified atom stereocenters. The van der Waals surface area contributed by atoms with E-state index in [1.54, 1.807) is 0 Å². The van der Waals surface area contributed by atoms with E-state index < -0.39 is 0 Å². The highest BCUT2D eigenvalue weighted by Crippen LogP contribution is 2.58. The van der Waals surface area contributed by atoms with Crippen molar-refractivity contribution in [2.75, 3.05) is 0 Å². The molecule has 13 rings (SSSR count). The van der Waals surface area contributed by atoms with Gasteiger partial charge in [0, 0.05) is 23.7 Å². The Hall–Kier alpha value is -4.94. The monoisotopic (exact) mass is 530 g/mol. The van der Waals surface area contributed by atoms with E-state index in [4.69, 9.17) is 0 Å². The third-order valence-electron chi connectivity index (χ3n) is 10.9. The van der Waals surface area contributed by atoms with Gasteiger partial charge in [-0.25, -0.2) is 0 Å². The molecule has 0 atom stereocenters. The average Bonchev–Trinajstić information content (AvgIpc) is 3.05. The van der Waals surface area contributed by atoms with Crippen molar-refractivity contribution in [1.29, 1.82) is 0 Å². The molecule has 0 fully saturated rings. The summed E-state index contributed by atoms with van der Waals surface area (Å²) in [6.07, 6.45) is 0. The fourth-order valence-electron chi connectivity index (χ4n) is 9.33. The van der Waals surface area contributed by atoms with Gasteiger partial charge in [0.05, 0.1) is 0 Å². The molecule has 0 radical (unpaired) electrons. The van der Waals surface area contributed by atoms with Crippen LogP contribution in [0.1, 0.15) is 90.4 Å². The highest BCUT2D eigenvalue weighted by Gasteiger charge is 2.42. The molecule has 6 aliphatic rings. The third-order valence-corrected chi connectivity index (χ3v) is 10.9. The smallest absolute Gasteiger partial charge is 0.0349 e. The van der Waals surface area contributed by atoms with Crippen molar-refractivity contribution in [2.45, 2.75) is 23.7 Å². The Balaban J connectivity index is 1.16. The summed E-state index contributed by atoms with van der Waals surface area (Å²) in [7, 11) is 0. The van der Waals surface area contributed by atoms with Crippen LogP contribution in [0.15, 0.2) is 133 Å². The van der Waals surface area contributed by atoms with Crippen LogP contribution in [0, 0.1) is 0 Å². The summed E-state index contributed by atoms with van der Waals surface area (Å²) in [6.45, 7) is 0. The molecular formula is C42H26. The van der Waals surface area contributed by atoms with Crippen LogP contribution < -0.4 is 0 Å². The van der Waals surface area contributed by atoms with Gasteiger partial charge in [-0.3, -0.25) is 0 Å². The molecule has 0 nitrogen and oxygen atoms in total. The molecule has 0 aromatic heterocycles. The zero-order valence-electron chi connectivity index (χ0n) is 23.0. The summed E-state index contributed by atoms with van der Waals surface area (Å²) in [5.74, 6) is 1.24. The molecule has 0 saturated heterocycles. The maximum atomic E-state index is 2.52. The van der Waals surface area contributed by atoms with Crippen molar-refractivity contribution in [3.8, 4) is 0 Å². The number of hydrogen-bond acceptors (Lipinski definition) is 0. The predicted molar refractivity (Wildman–Crippen MR) is 171 cm³/mol. The molecular weight excluding hydrogens is 504 g/mol. The summed E-state index contributed by atoms with van der Waals surface area (Å²) >= 11 is 0. The molecule has 4 bridgehead atoms. The molecule has 0 heteroatoms. The summed E-state index contributed by atoms with van der Waals surface area (Å²) in [4.78, 5) is 0. The summed E-state index contributed by atoms with van der Waals surface area (Å²) in [6, 6.07) is 51.5. The summed E-state index contributed by atoms with van der Waals surface area (Å²) in [5.41, 5.74) is 17.8. The Morgan fingerprint density at radius 2 is 0.405 bits per heavy atom. The average molecular weight is 531 g/mol. The molecule has 0 heterocycles. The Labute approximate surface area is 244 Å². The molecule has 7 aromatic carbocycles. The minimum Gasteiger partial charge on any atom is -0.0619 e. The van der Waals surface area contributed by atoms with Crippen LogP contribution in [0.4, 0.5) is 0 Å². The first-order valence-corrected chi connectivity index (χ1v) is 15.2. The van der Waals surface area contributed by atoms with Gasteiger partial charge in [0.15, 0.2) is 0 Å². The lowest BCUT2D eigenvalue weighted by atomic mass is 9.60. The van der Waals surface area contributed by atoms with Gasteiger partial charge in [-0.05, 0) is 125 Å². The second-order valence-corrected chi connectivity index (χ2v) is 12.8. The topological polar surface area (TPSA) is 0 Å². The minimum absolute atomic E-state index is 0.310. The van der Waals surface area contributed by atoms with Crippen molar-refractivity contribution < 1.29 is 0 Å². The molecule has 0 saturated carbocycles. The van der Waals surface area contributed by atoms with Gasteiger partial charge in [-0.15, -0.1) is 0 Å². The van der Waals surface area contributed by atoms with Crippen molar-refractivity contribution in [1.82, 2.24) is 0 Å². The highest BCUT2D eigenvalue weighted by molar-refractivity contribution is 6.00. The Bertz CT molecular complexity index is 1920.